The predicted octanol–water partition coefficient (Wildman–Crippen LogP) is 5.29. The molecule has 0 atom stereocenters. The molecule has 198 valence electrons. The van der Waals surface area contributed by atoms with Crippen LogP contribution in [0.25, 0.3) is 11.3 Å². The molecule has 8 nitrogen and oxygen atoms in total. The maximum Gasteiger partial charge on any atom is 0.491 e. The molecule has 4 aromatic rings. The van der Waals surface area contributed by atoms with Crippen LogP contribution in [0, 0.1) is 0 Å². The van der Waals surface area contributed by atoms with Crippen LogP contribution in [0.3, 0.4) is 0 Å². The van der Waals surface area contributed by atoms with Crippen molar-refractivity contribution in [3.8, 4) is 17.0 Å². The number of alkyl halides is 6. The molecule has 0 aliphatic rings. The summed E-state index contributed by atoms with van der Waals surface area (Å²) in [7, 11) is 0. The van der Waals surface area contributed by atoms with Crippen LogP contribution in [0.2, 0.25) is 0 Å². The van der Waals surface area contributed by atoms with Crippen molar-refractivity contribution >= 4 is 23.3 Å². The number of ether oxygens (including phenoxy) is 2. The van der Waals surface area contributed by atoms with Crippen LogP contribution >= 0.6 is 11.3 Å². The molecule has 0 fully saturated rings. The van der Waals surface area contributed by atoms with Gasteiger partial charge in [0.25, 0.3) is 0 Å². The molecule has 0 saturated carbocycles. The Bertz CT molecular complexity index is 1450. The summed E-state index contributed by atoms with van der Waals surface area (Å²) in [5.74, 6) is -4.23. The van der Waals surface area contributed by atoms with Gasteiger partial charge in [-0.25, -0.2) is 14.6 Å². The number of rotatable bonds is 7. The molecule has 1 aromatic carbocycles. The average Bonchev–Trinajstić information content (AvgIpc) is 3.52. The highest BCUT2D eigenvalue weighted by atomic mass is 32.1. The lowest BCUT2D eigenvalue weighted by Gasteiger charge is -2.12. The molecule has 0 radical (unpaired) electrons. The topological polar surface area (TPSA) is 96.2 Å². The first-order chi connectivity index (χ1) is 17.9. The Balaban J connectivity index is 1.50. The maximum atomic E-state index is 13.5. The first-order valence-electron chi connectivity index (χ1n) is 10.4. The van der Waals surface area contributed by atoms with E-state index in [0.717, 1.165) is 40.5 Å². The summed E-state index contributed by atoms with van der Waals surface area (Å²) < 4.78 is 87.8. The van der Waals surface area contributed by atoms with Crippen LogP contribution < -0.4 is 4.74 Å². The van der Waals surface area contributed by atoms with Gasteiger partial charge in [0, 0.05) is 35.1 Å². The van der Waals surface area contributed by atoms with Gasteiger partial charge in [-0.1, -0.05) is 6.07 Å². The quantitative estimate of drug-likeness (QED) is 0.173. The van der Waals surface area contributed by atoms with E-state index in [2.05, 4.69) is 19.8 Å². The second-order valence-electron chi connectivity index (χ2n) is 7.62. The third kappa shape index (κ3) is 6.73. The van der Waals surface area contributed by atoms with Crippen molar-refractivity contribution in [1.29, 1.82) is 0 Å². The summed E-state index contributed by atoms with van der Waals surface area (Å²) >= 11 is 1.08. The summed E-state index contributed by atoms with van der Waals surface area (Å²) in [6, 6.07) is 6.59. The largest absolute Gasteiger partial charge is 0.491 e. The van der Waals surface area contributed by atoms with Crippen LogP contribution in [0.15, 0.2) is 60.5 Å². The second kappa shape index (κ2) is 10.6. The first-order valence-corrected chi connectivity index (χ1v) is 11.3. The van der Waals surface area contributed by atoms with Crippen LogP contribution in [-0.4, -0.2) is 37.9 Å². The molecule has 15 heteroatoms. The summed E-state index contributed by atoms with van der Waals surface area (Å²) in [4.78, 5) is 30.8. The van der Waals surface area contributed by atoms with Gasteiger partial charge in [-0.3, -0.25) is 9.67 Å². The zero-order chi connectivity index (χ0) is 27.5. The molecule has 0 aliphatic heterocycles. The van der Waals surface area contributed by atoms with E-state index in [1.807, 2.05) is 0 Å². The van der Waals surface area contributed by atoms with E-state index in [0.29, 0.717) is 10.6 Å². The molecule has 0 unspecified atom stereocenters. The minimum Gasteiger partial charge on any atom is -0.489 e. The van der Waals surface area contributed by atoms with E-state index in [4.69, 9.17) is 4.74 Å². The Kier molecular flexibility index (Phi) is 7.48. The van der Waals surface area contributed by atoms with Crippen LogP contribution in [0.4, 0.5) is 26.3 Å². The predicted molar refractivity (Wildman–Crippen MR) is 119 cm³/mol. The number of benzene rings is 1. The Morgan fingerprint density at radius 2 is 1.84 bits per heavy atom. The van der Waals surface area contributed by atoms with Gasteiger partial charge in [0.1, 0.15) is 17.4 Å². The number of pyridine rings is 1. The number of hydrogen-bond acceptors (Lipinski definition) is 8. The fourth-order valence-corrected chi connectivity index (χ4v) is 3.85. The normalized spacial score (nSPS) is 11.8. The zero-order valence-corrected chi connectivity index (χ0v) is 19.6. The number of thiazole rings is 1. The van der Waals surface area contributed by atoms with E-state index in [-0.39, 0.29) is 30.2 Å². The van der Waals surface area contributed by atoms with Gasteiger partial charge in [0.15, 0.2) is 0 Å². The molecule has 0 spiro atoms. The van der Waals surface area contributed by atoms with Crippen LogP contribution in [0.1, 0.15) is 26.5 Å². The van der Waals surface area contributed by atoms with E-state index in [1.165, 1.54) is 17.6 Å². The molecule has 0 N–H and O–H groups in total. The zero-order valence-electron chi connectivity index (χ0n) is 18.8. The molecular formula is C23H14F6N4O4S. The minimum atomic E-state index is -5.34. The smallest absolute Gasteiger partial charge is 0.489 e. The van der Waals surface area contributed by atoms with Gasteiger partial charge >= 0.3 is 24.3 Å². The highest BCUT2D eigenvalue weighted by Crippen LogP contribution is 2.36. The fourth-order valence-electron chi connectivity index (χ4n) is 3.06. The number of carbonyl (C=O) groups excluding carboxylic acids is 2. The Labute approximate surface area is 213 Å². The average molecular weight is 556 g/mol. The molecule has 0 saturated heterocycles. The lowest BCUT2D eigenvalue weighted by atomic mass is 10.1. The molecule has 0 aliphatic carbocycles. The van der Waals surface area contributed by atoms with Gasteiger partial charge in [0.05, 0.1) is 29.6 Å². The van der Waals surface area contributed by atoms with Gasteiger partial charge in [-0.2, -0.15) is 31.4 Å². The van der Waals surface area contributed by atoms with Crippen molar-refractivity contribution in [2.75, 3.05) is 0 Å². The van der Waals surface area contributed by atoms with Gasteiger partial charge in [-0.05, 0) is 24.3 Å². The number of nitrogens with zero attached hydrogens (tertiary/aromatic N) is 4. The number of halogens is 6. The molecule has 3 aromatic heterocycles. The minimum absolute atomic E-state index is 0.00442. The Morgan fingerprint density at radius 1 is 1.05 bits per heavy atom. The van der Waals surface area contributed by atoms with Crippen LogP contribution in [-0.2, 0) is 28.9 Å². The highest BCUT2D eigenvalue weighted by Gasteiger charge is 2.42. The summed E-state index contributed by atoms with van der Waals surface area (Å²) in [5.41, 5.74) is -0.335. The second-order valence-corrected chi connectivity index (χ2v) is 8.56. The molecule has 3 heterocycles. The van der Waals surface area contributed by atoms with E-state index in [1.54, 1.807) is 18.3 Å². The molecule has 38 heavy (non-hydrogen) atoms. The molecule has 4 rings (SSSR count). The van der Waals surface area contributed by atoms with Crippen molar-refractivity contribution < 1.29 is 45.4 Å². The van der Waals surface area contributed by atoms with Crippen molar-refractivity contribution in [2.45, 2.75) is 25.5 Å². The number of esters is 2. The molecule has 0 amide bonds. The van der Waals surface area contributed by atoms with Crippen molar-refractivity contribution in [3.63, 3.8) is 0 Å². The van der Waals surface area contributed by atoms with Gasteiger partial charge < -0.3 is 9.47 Å². The molecule has 0 bridgehead atoms. The first kappa shape index (κ1) is 26.8. The molecular weight excluding hydrogens is 542 g/mol. The van der Waals surface area contributed by atoms with Crippen molar-refractivity contribution in [1.82, 2.24) is 19.7 Å². The van der Waals surface area contributed by atoms with Gasteiger partial charge in [0.2, 0.25) is 0 Å². The van der Waals surface area contributed by atoms with E-state index < -0.39 is 35.4 Å². The van der Waals surface area contributed by atoms with Crippen molar-refractivity contribution in [2.24, 2.45) is 0 Å². The third-order valence-corrected chi connectivity index (χ3v) is 5.63. The lowest BCUT2D eigenvalue weighted by molar-refractivity contribution is -0.193. The maximum absolute atomic E-state index is 13.5. The number of hydrogen-bond donors (Lipinski definition) is 0. The highest BCUT2D eigenvalue weighted by molar-refractivity contribution is 7.09. The van der Waals surface area contributed by atoms with Gasteiger partial charge in [-0.15, -0.1) is 11.3 Å². The summed E-state index contributed by atoms with van der Waals surface area (Å²) in [6.45, 7) is -0.0654. The van der Waals surface area contributed by atoms with Crippen molar-refractivity contribution in [3.05, 3.63) is 82.2 Å². The monoisotopic (exact) mass is 556 g/mol. The summed E-state index contributed by atoms with van der Waals surface area (Å²) in [5, 5.41) is 5.69. The fraction of sp³-hybridized carbons (Fsp3) is 0.174. The summed E-state index contributed by atoms with van der Waals surface area (Å²) in [6.07, 6.45) is -4.96. The third-order valence-electron chi connectivity index (χ3n) is 4.79. The van der Waals surface area contributed by atoms with Crippen LogP contribution in [0.5, 0.6) is 5.75 Å². The Hall–Kier alpha value is -4.27. The van der Waals surface area contributed by atoms with E-state index >= 15 is 0 Å². The lowest BCUT2D eigenvalue weighted by Crippen LogP contribution is -2.27. The van der Waals surface area contributed by atoms with E-state index in [9.17, 15) is 35.9 Å². The number of aromatic nitrogens is 4. The SMILES string of the molecule is O=C(OC(=O)C(F)(F)F)c1cnn(Cc2nc(-c3cc(OCc4cccnc4)cc(C(F)(F)F)c3)cs2)c1. The Morgan fingerprint density at radius 3 is 2.53 bits per heavy atom. The number of carbonyl (C=O) groups is 2. The standard InChI is InChI=1S/C23H14F6N4O4S/c24-22(25,26)16-4-14(5-17(6-16)36-11-13-2-1-3-30-7-13)18-12-38-19(32-18)10-33-9-15(8-31-33)20(34)37-21(35)23(27,28)29/h1-9,12H,10-11H2.